The maximum Gasteiger partial charge on any atom is 0.243 e. The maximum atomic E-state index is 14.1. The Labute approximate surface area is 259 Å². The number of amides is 1. The van der Waals surface area contributed by atoms with Crippen molar-refractivity contribution in [3.8, 4) is 5.75 Å². The number of hydrogen-bond acceptors (Lipinski definition) is 5. The van der Waals surface area contributed by atoms with Gasteiger partial charge in [-0.15, -0.1) is 0 Å². The lowest BCUT2D eigenvalue weighted by molar-refractivity contribution is -0.123. The predicted molar refractivity (Wildman–Crippen MR) is 171 cm³/mol. The molecule has 0 spiro atoms. The van der Waals surface area contributed by atoms with Crippen LogP contribution in [0.4, 0.5) is 0 Å². The molecular weight excluding hydrogens is 572 g/mol. The van der Waals surface area contributed by atoms with Gasteiger partial charge in [-0.1, -0.05) is 30.3 Å². The zero-order chi connectivity index (χ0) is 30.3. The summed E-state index contributed by atoms with van der Waals surface area (Å²) < 4.78 is 37.2. The van der Waals surface area contributed by atoms with Gasteiger partial charge in [0.1, 0.15) is 5.75 Å². The average molecular weight is 613 g/mol. The maximum absolute atomic E-state index is 14.1. The number of fused-ring (bicyclic) bond motifs is 3. The van der Waals surface area contributed by atoms with Crippen molar-refractivity contribution in [1.29, 1.82) is 0 Å². The number of nitrogens with zero attached hydrogens (tertiary/aromatic N) is 3. The Hall–Kier alpha value is -3.66. The van der Waals surface area contributed by atoms with E-state index in [4.69, 9.17) is 4.74 Å². The number of hydrogen-bond donors (Lipinski definition) is 1. The topological polar surface area (TPSA) is 83.9 Å². The first kappa shape index (κ1) is 29.1. The summed E-state index contributed by atoms with van der Waals surface area (Å²) in [5, 5.41) is 5.02. The molecule has 2 unspecified atom stereocenters. The van der Waals surface area contributed by atoms with E-state index >= 15 is 0 Å². The minimum Gasteiger partial charge on any atom is -0.497 e. The van der Waals surface area contributed by atoms with Crippen LogP contribution in [0.15, 0.2) is 77.8 Å². The number of nitrogens with one attached hydrogen (secondary N) is 1. The fourth-order valence-electron chi connectivity index (χ4n) is 7.31. The Kier molecular flexibility index (Phi) is 7.95. The molecule has 1 aliphatic carbocycles. The van der Waals surface area contributed by atoms with Gasteiger partial charge in [-0.25, -0.2) is 8.42 Å². The lowest BCUT2D eigenvalue weighted by Crippen LogP contribution is -2.44. The van der Waals surface area contributed by atoms with E-state index in [2.05, 4.69) is 33.0 Å². The van der Waals surface area contributed by atoms with Crippen molar-refractivity contribution in [3.63, 3.8) is 0 Å². The van der Waals surface area contributed by atoms with Crippen molar-refractivity contribution >= 4 is 26.7 Å². The number of aryl methyl sites for hydroxylation is 1. The Balaban J connectivity index is 1.11. The normalized spacial score (nSPS) is 20.8. The number of sulfonamides is 1. The predicted octanol–water partition coefficient (Wildman–Crippen LogP) is 5.58. The number of likely N-dealkylation sites (tertiary alicyclic amines) is 1. The van der Waals surface area contributed by atoms with Gasteiger partial charge >= 0.3 is 0 Å². The third-order valence-electron chi connectivity index (χ3n) is 9.58. The lowest BCUT2D eigenvalue weighted by Gasteiger charge is -2.36. The number of methoxy groups -OCH3 is 1. The van der Waals surface area contributed by atoms with Gasteiger partial charge in [0.05, 0.1) is 24.1 Å². The van der Waals surface area contributed by atoms with Gasteiger partial charge in [0, 0.05) is 37.9 Å². The number of rotatable bonds is 8. The molecule has 2 aliphatic heterocycles. The number of ether oxygens (including phenoxy) is 1. The first-order valence-electron chi connectivity index (χ1n) is 15.8. The third-order valence-corrected chi connectivity index (χ3v) is 11.5. The van der Waals surface area contributed by atoms with Crippen LogP contribution < -0.4 is 10.1 Å². The molecular formula is C35H40N4O4S. The van der Waals surface area contributed by atoms with Crippen LogP contribution in [-0.4, -0.2) is 54.8 Å². The van der Waals surface area contributed by atoms with E-state index in [1.807, 2.05) is 42.6 Å². The Bertz CT molecular complexity index is 1790. The molecule has 230 valence electrons. The molecule has 3 heterocycles. The van der Waals surface area contributed by atoms with E-state index in [9.17, 15) is 13.2 Å². The van der Waals surface area contributed by atoms with Gasteiger partial charge in [0.2, 0.25) is 15.9 Å². The van der Waals surface area contributed by atoms with Gasteiger partial charge < -0.3 is 14.6 Å². The molecule has 0 radical (unpaired) electrons. The van der Waals surface area contributed by atoms with Crippen molar-refractivity contribution in [2.24, 2.45) is 0 Å². The van der Waals surface area contributed by atoms with E-state index in [-0.39, 0.29) is 23.3 Å². The van der Waals surface area contributed by atoms with Gasteiger partial charge in [-0.3, -0.25) is 9.69 Å². The lowest BCUT2D eigenvalue weighted by atomic mass is 9.86. The monoisotopic (exact) mass is 612 g/mol. The molecule has 44 heavy (non-hydrogen) atoms. The first-order chi connectivity index (χ1) is 21.4. The zero-order valence-electron chi connectivity index (χ0n) is 25.2. The molecule has 3 aromatic carbocycles. The molecule has 1 fully saturated rings. The van der Waals surface area contributed by atoms with Crippen LogP contribution in [0.3, 0.4) is 0 Å². The van der Waals surface area contributed by atoms with Gasteiger partial charge in [0.25, 0.3) is 0 Å². The van der Waals surface area contributed by atoms with Crippen LogP contribution >= 0.6 is 0 Å². The summed E-state index contributed by atoms with van der Waals surface area (Å²) in [5.41, 5.74) is 4.70. The SMILES string of the molecule is COc1ccc2cc(S(=O)(=O)N3CCn4cccc4C3CC(=O)NC3CCCc4cc(CN5CCCC5)ccc43)ccc2c1. The summed E-state index contributed by atoms with van der Waals surface area (Å²) >= 11 is 0. The average Bonchev–Trinajstić information content (AvgIpc) is 3.73. The summed E-state index contributed by atoms with van der Waals surface area (Å²) in [6.45, 7) is 4.17. The van der Waals surface area contributed by atoms with Gasteiger partial charge in [0.15, 0.2) is 0 Å². The molecule has 4 aromatic rings. The molecule has 8 nitrogen and oxygen atoms in total. The summed E-state index contributed by atoms with van der Waals surface area (Å²) in [7, 11) is -2.26. The number of aromatic nitrogens is 1. The van der Waals surface area contributed by atoms with Crippen LogP contribution in [0.1, 0.15) is 66.6 Å². The van der Waals surface area contributed by atoms with Crippen molar-refractivity contribution in [3.05, 3.63) is 95.3 Å². The molecule has 0 saturated carbocycles. The summed E-state index contributed by atoms with van der Waals surface area (Å²) in [6.07, 6.45) is 7.51. The highest BCUT2D eigenvalue weighted by Gasteiger charge is 2.38. The van der Waals surface area contributed by atoms with E-state index in [0.29, 0.717) is 13.1 Å². The van der Waals surface area contributed by atoms with Crippen molar-refractivity contribution in [2.45, 2.75) is 68.6 Å². The molecule has 1 amide bonds. The molecule has 2 atom stereocenters. The van der Waals surface area contributed by atoms with Gasteiger partial charge in [-0.05, 0) is 109 Å². The minimum atomic E-state index is -3.88. The van der Waals surface area contributed by atoms with Crippen LogP contribution in [-0.2, 0) is 34.3 Å². The summed E-state index contributed by atoms with van der Waals surface area (Å²) in [5.74, 6) is 0.591. The zero-order valence-corrected chi connectivity index (χ0v) is 26.1. The quantitative estimate of drug-likeness (QED) is 0.281. The van der Waals surface area contributed by atoms with Gasteiger partial charge in [-0.2, -0.15) is 4.31 Å². The first-order valence-corrected chi connectivity index (χ1v) is 17.2. The molecule has 1 aromatic heterocycles. The Morgan fingerprint density at radius 1 is 0.932 bits per heavy atom. The van der Waals surface area contributed by atoms with Crippen molar-refractivity contribution in [2.75, 3.05) is 26.7 Å². The third kappa shape index (κ3) is 5.64. The van der Waals surface area contributed by atoms with E-state index in [1.165, 1.54) is 46.9 Å². The summed E-state index contributed by atoms with van der Waals surface area (Å²) in [4.78, 5) is 16.4. The minimum absolute atomic E-state index is 0.0624. The fraction of sp³-hybridized carbons (Fsp3) is 0.400. The van der Waals surface area contributed by atoms with Crippen LogP contribution in [0.2, 0.25) is 0 Å². The van der Waals surface area contributed by atoms with E-state index < -0.39 is 16.1 Å². The smallest absolute Gasteiger partial charge is 0.243 e. The molecule has 0 bridgehead atoms. The van der Waals surface area contributed by atoms with E-state index in [0.717, 1.165) is 48.0 Å². The standard InChI is InChI=1S/C35H40N4O4S/c1-43-29-12-10-27-22-30(13-11-26(27)21-29)44(41,42)39-19-18-38-17-5-8-33(38)34(39)23-35(40)36-32-7-4-6-28-20-25(9-14-31(28)32)24-37-15-2-3-16-37/h5,8-14,17,20-22,32,34H,2-4,6-7,15-16,18-19,23-24H2,1H3,(H,36,40). The second-order valence-corrected chi connectivity index (χ2v) is 14.3. The fourth-order valence-corrected chi connectivity index (χ4v) is 8.93. The number of carbonyl (C=O) groups is 1. The molecule has 1 N–H and O–H groups in total. The van der Waals surface area contributed by atoms with Crippen molar-refractivity contribution in [1.82, 2.24) is 19.1 Å². The number of benzene rings is 3. The highest BCUT2D eigenvalue weighted by molar-refractivity contribution is 7.89. The van der Waals surface area contributed by atoms with Crippen LogP contribution in [0.5, 0.6) is 5.75 Å². The second-order valence-electron chi connectivity index (χ2n) is 12.4. The second kappa shape index (κ2) is 12.0. The molecule has 9 heteroatoms. The highest BCUT2D eigenvalue weighted by atomic mass is 32.2. The number of carbonyl (C=O) groups excluding carboxylic acids is 1. The molecule has 7 rings (SSSR count). The molecule has 1 saturated heterocycles. The van der Waals surface area contributed by atoms with E-state index in [1.54, 1.807) is 19.2 Å². The Morgan fingerprint density at radius 2 is 1.75 bits per heavy atom. The van der Waals surface area contributed by atoms with Crippen molar-refractivity contribution < 1.29 is 17.9 Å². The summed E-state index contributed by atoms with van der Waals surface area (Å²) in [6, 6.07) is 20.7. The molecule has 3 aliphatic rings. The van der Waals surface area contributed by atoms with Crippen LogP contribution in [0, 0.1) is 0 Å². The Morgan fingerprint density at radius 3 is 2.59 bits per heavy atom. The highest BCUT2D eigenvalue weighted by Crippen LogP contribution is 2.36. The largest absolute Gasteiger partial charge is 0.497 e. The van der Waals surface area contributed by atoms with Crippen LogP contribution in [0.25, 0.3) is 10.8 Å².